The Hall–Kier alpha value is -4.92. The van der Waals surface area contributed by atoms with E-state index in [1.165, 1.54) is 12.4 Å². The van der Waals surface area contributed by atoms with Crippen LogP contribution in [-0.4, -0.2) is 85.8 Å². The molecule has 0 bridgehead atoms. The zero-order chi connectivity index (χ0) is 30.1. The fourth-order valence-electron chi connectivity index (χ4n) is 5.80. The molecule has 4 aromatic rings. The molecular formula is C32H33N7O4. The van der Waals surface area contributed by atoms with E-state index in [0.29, 0.717) is 65.1 Å². The molecule has 0 radical (unpaired) electrons. The number of β-amino-alcohol motifs (C(OH)–C–C–N with tert-alkyl or cyclic N) is 1. The van der Waals surface area contributed by atoms with E-state index in [1.54, 1.807) is 12.0 Å². The van der Waals surface area contributed by atoms with Gasteiger partial charge in [-0.2, -0.15) is 0 Å². The van der Waals surface area contributed by atoms with E-state index >= 15 is 0 Å². The first-order valence-corrected chi connectivity index (χ1v) is 14.1. The van der Waals surface area contributed by atoms with E-state index in [0.717, 1.165) is 18.7 Å². The Morgan fingerprint density at radius 3 is 2.67 bits per heavy atom. The number of ether oxygens (including phenoxy) is 2. The molecule has 2 saturated heterocycles. The number of para-hydroxylation sites is 1. The number of rotatable bonds is 6. The van der Waals surface area contributed by atoms with Gasteiger partial charge in [0.15, 0.2) is 5.75 Å². The number of piperidine rings is 1. The zero-order valence-corrected chi connectivity index (χ0v) is 24.1. The first kappa shape index (κ1) is 28.2. The number of aliphatic hydroxyl groups excluding tert-OH is 1. The number of aliphatic hydroxyl groups is 1. The highest BCUT2D eigenvalue weighted by Gasteiger charge is 2.38. The lowest BCUT2D eigenvalue weighted by atomic mass is 9.92. The third kappa shape index (κ3) is 5.38. The largest absolute Gasteiger partial charge is 0.478 e. The normalized spacial score (nSPS) is 18.9. The molecule has 43 heavy (non-hydrogen) atoms. The Bertz CT molecular complexity index is 1740. The number of fused-ring (bicyclic) bond motifs is 1. The second-order valence-corrected chi connectivity index (χ2v) is 10.7. The van der Waals surface area contributed by atoms with E-state index in [4.69, 9.17) is 20.2 Å². The van der Waals surface area contributed by atoms with Crippen LogP contribution in [0.2, 0.25) is 0 Å². The minimum Gasteiger partial charge on any atom is -0.478 e. The molecule has 5 heterocycles. The Labute approximate surface area is 249 Å². The van der Waals surface area contributed by atoms with E-state index < -0.39 is 6.10 Å². The van der Waals surface area contributed by atoms with Gasteiger partial charge in [0.05, 0.1) is 24.3 Å². The van der Waals surface area contributed by atoms with Crippen molar-refractivity contribution in [2.24, 2.45) is 13.0 Å². The van der Waals surface area contributed by atoms with Crippen molar-refractivity contribution in [3.63, 3.8) is 0 Å². The quantitative estimate of drug-likeness (QED) is 0.261. The molecule has 2 atom stereocenters. The second kappa shape index (κ2) is 11.8. The number of aromatic nitrogens is 4. The lowest BCUT2D eigenvalue weighted by Crippen LogP contribution is -2.61. The number of nitrogens with zero attached hydrogens (tertiary/aromatic N) is 6. The minimum atomic E-state index is -0.604. The van der Waals surface area contributed by atoms with Crippen LogP contribution < -0.4 is 15.2 Å². The number of benzene rings is 1. The van der Waals surface area contributed by atoms with Gasteiger partial charge >= 0.3 is 0 Å². The summed E-state index contributed by atoms with van der Waals surface area (Å²) >= 11 is 0. The molecule has 0 aliphatic carbocycles. The predicted molar refractivity (Wildman–Crippen MR) is 162 cm³/mol. The van der Waals surface area contributed by atoms with Crippen molar-refractivity contribution < 1.29 is 19.4 Å². The number of anilines is 1. The van der Waals surface area contributed by atoms with Gasteiger partial charge in [0.25, 0.3) is 5.88 Å². The molecule has 6 rings (SSSR count). The van der Waals surface area contributed by atoms with Crippen LogP contribution >= 0.6 is 0 Å². The van der Waals surface area contributed by atoms with Gasteiger partial charge in [-0.1, -0.05) is 30.7 Å². The van der Waals surface area contributed by atoms with Crippen LogP contribution in [-0.2, 0) is 11.8 Å². The summed E-state index contributed by atoms with van der Waals surface area (Å²) in [5, 5.41) is 11.4. The molecule has 2 fully saturated rings. The lowest BCUT2D eigenvalue weighted by Gasteiger charge is -2.47. The fraction of sp³-hybridized carbons (Fsp3) is 0.312. The number of likely N-dealkylation sites (tertiary alicyclic amines) is 2. The van der Waals surface area contributed by atoms with Crippen molar-refractivity contribution in [1.82, 2.24) is 29.3 Å². The molecule has 2 aliphatic heterocycles. The average Bonchev–Trinajstić information content (AvgIpc) is 3.29. The maximum absolute atomic E-state index is 11.9. The molecule has 0 saturated carbocycles. The number of carbonyl (C=O) groups excluding carboxylic acids is 1. The highest BCUT2D eigenvalue weighted by atomic mass is 16.5. The van der Waals surface area contributed by atoms with Gasteiger partial charge < -0.3 is 29.8 Å². The number of nitrogens with two attached hydrogens (primary N) is 1. The number of methoxy groups -OCH3 is 1. The standard InChI is InChI=1S/C32H33N7O4/c1-4-27(41)38-15-14-23(25(40)18-38)39-16-20(17-39)10-12-24-28(29-30(33)34-19-35-31(29)37(24)2)22-11-13-26(32(36-22)42-3)43-21-8-6-5-7-9-21/h4-9,11,13,19-20,23,25,40H,1,14-18H2,2-3H3,(H2,33,34,35)/t23-,25+/m1/s1. The maximum Gasteiger partial charge on any atom is 0.257 e. The van der Waals surface area contributed by atoms with Crippen molar-refractivity contribution in [2.75, 3.05) is 39.0 Å². The topological polar surface area (TPSA) is 132 Å². The van der Waals surface area contributed by atoms with E-state index in [9.17, 15) is 9.90 Å². The Morgan fingerprint density at radius 2 is 1.95 bits per heavy atom. The Kier molecular flexibility index (Phi) is 7.71. The molecule has 1 aromatic carbocycles. The summed E-state index contributed by atoms with van der Waals surface area (Å²) in [6.45, 7) is 5.94. The summed E-state index contributed by atoms with van der Waals surface area (Å²) in [5.74, 6) is 8.57. The average molecular weight is 580 g/mol. The maximum atomic E-state index is 11.9. The van der Waals surface area contributed by atoms with E-state index in [2.05, 4.69) is 33.3 Å². The molecule has 0 unspecified atom stereocenters. The lowest BCUT2D eigenvalue weighted by molar-refractivity contribution is -0.132. The van der Waals surface area contributed by atoms with Crippen LogP contribution in [0.1, 0.15) is 12.1 Å². The van der Waals surface area contributed by atoms with Gasteiger partial charge in [0.1, 0.15) is 29.2 Å². The van der Waals surface area contributed by atoms with Crippen molar-refractivity contribution in [1.29, 1.82) is 0 Å². The molecule has 3 N–H and O–H groups in total. The van der Waals surface area contributed by atoms with Gasteiger partial charge in [0, 0.05) is 50.7 Å². The molecular weight excluding hydrogens is 546 g/mol. The molecule has 1 amide bonds. The van der Waals surface area contributed by atoms with E-state index in [-0.39, 0.29) is 17.9 Å². The van der Waals surface area contributed by atoms with Crippen LogP contribution in [0.25, 0.3) is 22.3 Å². The third-order valence-corrected chi connectivity index (χ3v) is 8.05. The van der Waals surface area contributed by atoms with Gasteiger partial charge in [-0.15, -0.1) is 0 Å². The second-order valence-electron chi connectivity index (χ2n) is 10.7. The number of aryl methyl sites for hydroxylation is 1. The smallest absolute Gasteiger partial charge is 0.257 e. The number of hydrogen-bond acceptors (Lipinski definition) is 9. The van der Waals surface area contributed by atoms with Crippen molar-refractivity contribution in [2.45, 2.75) is 18.6 Å². The molecule has 3 aromatic heterocycles. The summed E-state index contributed by atoms with van der Waals surface area (Å²) in [7, 11) is 3.44. The molecule has 11 nitrogen and oxygen atoms in total. The monoisotopic (exact) mass is 579 g/mol. The molecule has 0 spiro atoms. The van der Waals surface area contributed by atoms with Gasteiger partial charge in [-0.05, 0) is 42.7 Å². The SMILES string of the molecule is C=CC(=O)N1CC[C@@H](N2CC(C#Cc3c(-c4ccc(Oc5ccccc5)c(OC)n4)c4c(N)ncnc4n3C)C2)[C@@H](O)C1. The number of amides is 1. The molecule has 220 valence electrons. The van der Waals surface area contributed by atoms with Gasteiger partial charge in [-0.3, -0.25) is 9.69 Å². The number of pyridine rings is 1. The fourth-order valence-corrected chi connectivity index (χ4v) is 5.80. The van der Waals surface area contributed by atoms with Gasteiger partial charge in [0.2, 0.25) is 5.91 Å². The highest BCUT2D eigenvalue weighted by molar-refractivity contribution is 6.02. The third-order valence-electron chi connectivity index (χ3n) is 8.05. The van der Waals surface area contributed by atoms with Crippen LogP contribution in [0, 0.1) is 17.8 Å². The van der Waals surface area contributed by atoms with Crippen LogP contribution in [0.4, 0.5) is 5.82 Å². The van der Waals surface area contributed by atoms with Crippen molar-refractivity contribution in [3.05, 3.63) is 67.1 Å². The predicted octanol–water partition coefficient (Wildman–Crippen LogP) is 2.84. The summed E-state index contributed by atoms with van der Waals surface area (Å²) in [6, 6.07) is 13.1. The summed E-state index contributed by atoms with van der Waals surface area (Å²) in [6.07, 6.45) is 2.84. The van der Waals surface area contributed by atoms with E-state index in [1.807, 2.05) is 54.1 Å². The van der Waals surface area contributed by atoms with Crippen molar-refractivity contribution in [3.8, 4) is 40.5 Å². The Balaban J connectivity index is 1.27. The number of nitrogen functional groups attached to an aromatic ring is 1. The Morgan fingerprint density at radius 1 is 1.16 bits per heavy atom. The number of carbonyl (C=O) groups is 1. The van der Waals surface area contributed by atoms with Crippen LogP contribution in [0.15, 0.2) is 61.4 Å². The zero-order valence-electron chi connectivity index (χ0n) is 24.1. The van der Waals surface area contributed by atoms with Gasteiger partial charge in [-0.25, -0.2) is 15.0 Å². The summed E-state index contributed by atoms with van der Waals surface area (Å²) < 4.78 is 13.5. The van der Waals surface area contributed by atoms with Crippen molar-refractivity contribution >= 4 is 22.8 Å². The highest BCUT2D eigenvalue weighted by Crippen LogP contribution is 2.38. The molecule has 11 heteroatoms. The first-order valence-electron chi connectivity index (χ1n) is 14.1. The molecule has 2 aliphatic rings. The first-order chi connectivity index (χ1) is 20.9. The van der Waals surface area contributed by atoms with Crippen LogP contribution in [0.5, 0.6) is 17.4 Å². The summed E-state index contributed by atoms with van der Waals surface area (Å²) in [5.41, 5.74) is 9.05. The summed E-state index contributed by atoms with van der Waals surface area (Å²) in [4.78, 5) is 29.3. The number of hydrogen-bond donors (Lipinski definition) is 2. The van der Waals surface area contributed by atoms with Crippen LogP contribution in [0.3, 0.4) is 0 Å². The minimum absolute atomic E-state index is 0.00320.